The summed E-state index contributed by atoms with van der Waals surface area (Å²) in [6.45, 7) is 5.41. The van der Waals surface area contributed by atoms with Gasteiger partial charge in [-0.1, -0.05) is 51.9 Å². The topological polar surface area (TPSA) is 65.0 Å². The maximum absolute atomic E-state index is 10.2. The molecule has 132 valence electrons. The fraction of sp³-hybridized carbons (Fsp3) is 0.941. The lowest BCUT2D eigenvalue weighted by atomic mass is 10.1. The van der Waals surface area contributed by atoms with Crippen LogP contribution in [0.4, 0.5) is 0 Å². The molecule has 0 aliphatic heterocycles. The zero-order chi connectivity index (χ0) is 16.3. The Morgan fingerprint density at radius 3 is 1.68 bits per heavy atom. The van der Waals surface area contributed by atoms with E-state index >= 15 is 0 Å². The molecule has 0 aromatic carbocycles. The van der Waals surface area contributed by atoms with Crippen LogP contribution in [0.2, 0.25) is 0 Å². The van der Waals surface area contributed by atoms with Crippen LogP contribution < -0.4 is 0 Å². The zero-order valence-electron chi connectivity index (χ0n) is 14.2. The number of ether oxygens (including phenoxy) is 3. The minimum atomic E-state index is -0.838. The molecular formula is C17H34O5. The van der Waals surface area contributed by atoms with E-state index in [1.165, 1.54) is 44.9 Å². The summed E-state index contributed by atoms with van der Waals surface area (Å²) in [6.07, 6.45) is 10.5. The number of aliphatic carboxylic acids is 1. The molecule has 0 aliphatic rings. The van der Waals surface area contributed by atoms with Crippen LogP contribution in [0.25, 0.3) is 0 Å². The molecule has 0 bridgehead atoms. The Hall–Kier alpha value is -0.650. The van der Waals surface area contributed by atoms with Crippen LogP contribution in [0.5, 0.6) is 0 Å². The largest absolute Gasteiger partial charge is 0.481 e. The van der Waals surface area contributed by atoms with E-state index in [9.17, 15) is 4.79 Å². The molecule has 0 aromatic rings. The normalized spacial score (nSPS) is 11.0. The van der Waals surface area contributed by atoms with Gasteiger partial charge in [-0.3, -0.25) is 4.79 Å². The lowest BCUT2D eigenvalue weighted by Crippen LogP contribution is -2.11. The Morgan fingerprint density at radius 1 is 0.682 bits per heavy atom. The summed E-state index contributed by atoms with van der Waals surface area (Å²) in [6, 6.07) is 0. The van der Waals surface area contributed by atoms with Crippen molar-refractivity contribution in [2.45, 2.75) is 64.7 Å². The molecule has 0 fully saturated rings. The Kier molecular flexibility index (Phi) is 17.9. The van der Waals surface area contributed by atoms with Crippen molar-refractivity contribution in [1.29, 1.82) is 0 Å². The van der Waals surface area contributed by atoms with Crippen molar-refractivity contribution >= 4 is 5.97 Å². The molecule has 0 rings (SSSR count). The van der Waals surface area contributed by atoms with E-state index in [2.05, 4.69) is 6.92 Å². The van der Waals surface area contributed by atoms with Gasteiger partial charge in [-0.05, 0) is 6.42 Å². The van der Waals surface area contributed by atoms with Crippen molar-refractivity contribution in [2.75, 3.05) is 39.6 Å². The average Bonchev–Trinajstić information content (AvgIpc) is 2.50. The minimum Gasteiger partial charge on any atom is -0.481 e. The maximum Gasteiger partial charge on any atom is 0.305 e. The average molecular weight is 318 g/mol. The number of hydrogen-bond acceptors (Lipinski definition) is 4. The highest BCUT2D eigenvalue weighted by atomic mass is 16.5. The van der Waals surface area contributed by atoms with E-state index in [-0.39, 0.29) is 13.0 Å². The highest BCUT2D eigenvalue weighted by Crippen LogP contribution is 2.08. The molecule has 0 unspecified atom stereocenters. The molecule has 0 heterocycles. The summed E-state index contributed by atoms with van der Waals surface area (Å²) < 4.78 is 15.9. The number of unbranched alkanes of at least 4 members (excludes halogenated alkanes) is 7. The van der Waals surface area contributed by atoms with Gasteiger partial charge in [0.15, 0.2) is 0 Å². The summed E-state index contributed by atoms with van der Waals surface area (Å²) in [4.78, 5) is 10.2. The first-order valence-corrected chi connectivity index (χ1v) is 8.72. The standard InChI is InChI=1S/C17H34O5/c1-2-3-4-5-6-7-8-9-11-20-13-15-22-16-14-21-12-10-17(18)19/h2-16H2,1H3,(H,18,19). The van der Waals surface area contributed by atoms with Gasteiger partial charge in [0.05, 0.1) is 39.5 Å². The van der Waals surface area contributed by atoms with Crippen molar-refractivity contribution in [3.8, 4) is 0 Å². The highest BCUT2D eigenvalue weighted by Gasteiger charge is 1.96. The second-order valence-corrected chi connectivity index (χ2v) is 5.46. The molecule has 0 spiro atoms. The van der Waals surface area contributed by atoms with Crippen molar-refractivity contribution in [3.05, 3.63) is 0 Å². The van der Waals surface area contributed by atoms with Gasteiger partial charge >= 0.3 is 5.97 Å². The molecule has 5 heteroatoms. The van der Waals surface area contributed by atoms with E-state index in [0.717, 1.165) is 13.0 Å². The first-order chi connectivity index (χ1) is 10.8. The van der Waals surface area contributed by atoms with Gasteiger partial charge < -0.3 is 19.3 Å². The third-order valence-electron chi connectivity index (χ3n) is 3.35. The fourth-order valence-corrected chi connectivity index (χ4v) is 2.04. The van der Waals surface area contributed by atoms with E-state index in [1.54, 1.807) is 0 Å². The Balaban J connectivity index is 2.95. The number of carboxylic acid groups (broad SMARTS) is 1. The quantitative estimate of drug-likeness (QED) is 0.391. The molecule has 0 saturated heterocycles. The third-order valence-corrected chi connectivity index (χ3v) is 3.35. The van der Waals surface area contributed by atoms with Crippen LogP contribution in [0.1, 0.15) is 64.7 Å². The predicted molar refractivity (Wildman–Crippen MR) is 87.3 cm³/mol. The monoisotopic (exact) mass is 318 g/mol. The van der Waals surface area contributed by atoms with Crippen LogP contribution in [-0.2, 0) is 19.0 Å². The molecule has 5 nitrogen and oxygen atoms in total. The molecule has 1 N–H and O–H groups in total. The summed E-state index contributed by atoms with van der Waals surface area (Å²) in [5, 5.41) is 8.41. The lowest BCUT2D eigenvalue weighted by molar-refractivity contribution is -0.138. The molecule has 0 aromatic heterocycles. The van der Waals surface area contributed by atoms with Gasteiger partial charge in [-0.15, -0.1) is 0 Å². The van der Waals surface area contributed by atoms with Gasteiger partial charge in [0.25, 0.3) is 0 Å². The van der Waals surface area contributed by atoms with Crippen LogP contribution >= 0.6 is 0 Å². The summed E-state index contributed by atoms with van der Waals surface area (Å²) in [5.41, 5.74) is 0. The highest BCUT2D eigenvalue weighted by molar-refractivity contribution is 5.66. The summed E-state index contributed by atoms with van der Waals surface area (Å²) in [5.74, 6) is -0.838. The molecule has 0 aliphatic carbocycles. The first kappa shape index (κ1) is 21.4. The maximum atomic E-state index is 10.2. The number of hydrogen-bond donors (Lipinski definition) is 1. The van der Waals surface area contributed by atoms with Gasteiger partial charge in [0.1, 0.15) is 0 Å². The number of rotatable bonds is 18. The van der Waals surface area contributed by atoms with Crippen LogP contribution in [0.3, 0.4) is 0 Å². The minimum absolute atomic E-state index is 0.0434. The second kappa shape index (κ2) is 18.4. The van der Waals surface area contributed by atoms with Crippen LogP contribution in [0.15, 0.2) is 0 Å². The van der Waals surface area contributed by atoms with Crippen molar-refractivity contribution in [1.82, 2.24) is 0 Å². The molecular weight excluding hydrogens is 284 g/mol. The Bertz CT molecular complexity index is 233. The van der Waals surface area contributed by atoms with Crippen molar-refractivity contribution < 1.29 is 24.1 Å². The Labute approximate surface area is 135 Å². The van der Waals surface area contributed by atoms with E-state index in [4.69, 9.17) is 19.3 Å². The van der Waals surface area contributed by atoms with E-state index < -0.39 is 5.97 Å². The molecule has 0 saturated carbocycles. The lowest BCUT2D eigenvalue weighted by Gasteiger charge is -2.06. The van der Waals surface area contributed by atoms with Gasteiger partial charge in [0.2, 0.25) is 0 Å². The number of carboxylic acids is 1. The van der Waals surface area contributed by atoms with E-state index in [0.29, 0.717) is 26.4 Å². The summed E-state index contributed by atoms with van der Waals surface area (Å²) >= 11 is 0. The smallest absolute Gasteiger partial charge is 0.305 e. The zero-order valence-corrected chi connectivity index (χ0v) is 14.2. The number of carbonyl (C=O) groups is 1. The predicted octanol–water partition coefficient (Wildman–Crippen LogP) is 3.65. The third kappa shape index (κ3) is 19.4. The van der Waals surface area contributed by atoms with Gasteiger partial charge in [-0.2, -0.15) is 0 Å². The first-order valence-electron chi connectivity index (χ1n) is 8.72. The van der Waals surface area contributed by atoms with Gasteiger partial charge in [-0.25, -0.2) is 0 Å². The molecule has 0 amide bonds. The molecule has 0 atom stereocenters. The summed E-state index contributed by atoms with van der Waals surface area (Å²) in [7, 11) is 0. The van der Waals surface area contributed by atoms with Crippen molar-refractivity contribution in [3.63, 3.8) is 0 Å². The van der Waals surface area contributed by atoms with Crippen LogP contribution in [0, 0.1) is 0 Å². The second-order valence-electron chi connectivity index (χ2n) is 5.46. The molecule has 22 heavy (non-hydrogen) atoms. The Morgan fingerprint density at radius 2 is 1.14 bits per heavy atom. The SMILES string of the molecule is CCCCCCCCCCOCCOCCOCCC(=O)O. The van der Waals surface area contributed by atoms with Gasteiger partial charge in [0, 0.05) is 6.61 Å². The molecule has 0 radical (unpaired) electrons. The van der Waals surface area contributed by atoms with Crippen LogP contribution in [-0.4, -0.2) is 50.7 Å². The fourth-order valence-electron chi connectivity index (χ4n) is 2.04. The van der Waals surface area contributed by atoms with Crippen molar-refractivity contribution in [2.24, 2.45) is 0 Å². The van der Waals surface area contributed by atoms with E-state index in [1.807, 2.05) is 0 Å².